The SMILES string of the molecule is COc1c(C)cnc(CC2(C)CCC(Br)C2)c1C. The van der Waals surface area contributed by atoms with Crippen molar-refractivity contribution in [2.24, 2.45) is 5.41 Å². The Kier molecular flexibility index (Phi) is 4.00. The Labute approximate surface area is 118 Å². The smallest absolute Gasteiger partial charge is 0.128 e. The second-order valence-electron chi connectivity index (χ2n) is 5.87. The number of alkyl halides is 1. The van der Waals surface area contributed by atoms with Gasteiger partial charge < -0.3 is 4.74 Å². The first-order chi connectivity index (χ1) is 8.45. The lowest BCUT2D eigenvalue weighted by Gasteiger charge is -2.24. The van der Waals surface area contributed by atoms with Gasteiger partial charge in [-0.15, -0.1) is 0 Å². The van der Waals surface area contributed by atoms with Crippen LogP contribution in [0.5, 0.6) is 5.75 Å². The Morgan fingerprint density at radius 1 is 1.50 bits per heavy atom. The third-order valence-electron chi connectivity index (χ3n) is 4.12. The van der Waals surface area contributed by atoms with Crippen molar-refractivity contribution in [3.05, 3.63) is 23.0 Å². The summed E-state index contributed by atoms with van der Waals surface area (Å²) in [5.74, 6) is 0.997. The summed E-state index contributed by atoms with van der Waals surface area (Å²) in [5.41, 5.74) is 3.90. The summed E-state index contributed by atoms with van der Waals surface area (Å²) in [6.45, 7) is 6.55. The molecule has 18 heavy (non-hydrogen) atoms. The van der Waals surface area contributed by atoms with Gasteiger partial charge in [0, 0.05) is 27.8 Å². The summed E-state index contributed by atoms with van der Waals surface area (Å²) < 4.78 is 5.49. The Bertz CT molecular complexity index is 446. The summed E-state index contributed by atoms with van der Waals surface area (Å²) >= 11 is 3.74. The van der Waals surface area contributed by atoms with Gasteiger partial charge in [0.15, 0.2) is 0 Å². The molecule has 0 N–H and O–H groups in total. The van der Waals surface area contributed by atoms with Gasteiger partial charge in [-0.05, 0) is 44.9 Å². The number of pyridine rings is 1. The van der Waals surface area contributed by atoms with Crippen molar-refractivity contribution in [1.82, 2.24) is 4.98 Å². The van der Waals surface area contributed by atoms with Crippen molar-refractivity contribution >= 4 is 15.9 Å². The molecule has 0 aliphatic heterocycles. The molecule has 2 unspecified atom stereocenters. The number of aryl methyl sites for hydroxylation is 1. The van der Waals surface area contributed by atoms with Crippen molar-refractivity contribution in [3.63, 3.8) is 0 Å². The number of methoxy groups -OCH3 is 1. The fourth-order valence-corrected chi connectivity index (χ4v) is 4.07. The minimum atomic E-state index is 0.381. The molecule has 1 aromatic heterocycles. The number of nitrogens with zero attached hydrogens (tertiary/aromatic N) is 1. The van der Waals surface area contributed by atoms with Crippen LogP contribution in [-0.4, -0.2) is 16.9 Å². The zero-order valence-corrected chi connectivity index (χ0v) is 13.3. The molecule has 0 spiro atoms. The zero-order chi connectivity index (χ0) is 13.3. The van der Waals surface area contributed by atoms with E-state index in [0.717, 1.165) is 17.7 Å². The summed E-state index contributed by atoms with van der Waals surface area (Å²) in [6, 6.07) is 0. The number of rotatable bonds is 3. The molecule has 2 rings (SSSR count). The average Bonchev–Trinajstić information content (AvgIpc) is 2.64. The molecule has 0 bridgehead atoms. The molecule has 1 fully saturated rings. The van der Waals surface area contributed by atoms with Crippen molar-refractivity contribution in [3.8, 4) is 5.75 Å². The predicted molar refractivity (Wildman–Crippen MR) is 78.6 cm³/mol. The number of aromatic nitrogens is 1. The summed E-state index contributed by atoms with van der Waals surface area (Å²) in [5, 5.41) is 0. The van der Waals surface area contributed by atoms with E-state index in [1.807, 2.05) is 6.20 Å². The van der Waals surface area contributed by atoms with E-state index in [9.17, 15) is 0 Å². The Balaban J connectivity index is 2.25. The van der Waals surface area contributed by atoms with Crippen LogP contribution in [0.4, 0.5) is 0 Å². The Hall–Kier alpha value is -0.570. The fraction of sp³-hybridized carbons (Fsp3) is 0.667. The summed E-state index contributed by atoms with van der Waals surface area (Å²) in [7, 11) is 1.74. The van der Waals surface area contributed by atoms with Crippen molar-refractivity contribution < 1.29 is 4.74 Å². The molecule has 2 atom stereocenters. The molecular weight excluding hydrogens is 290 g/mol. The second kappa shape index (κ2) is 5.20. The molecule has 0 aromatic carbocycles. The first-order valence-electron chi connectivity index (χ1n) is 6.58. The molecule has 0 amide bonds. The van der Waals surface area contributed by atoms with Gasteiger partial charge in [-0.3, -0.25) is 4.98 Å². The van der Waals surface area contributed by atoms with Gasteiger partial charge in [-0.1, -0.05) is 22.9 Å². The number of ether oxygens (including phenoxy) is 1. The monoisotopic (exact) mass is 311 g/mol. The Morgan fingerprint density at radius 3 is 2.78 bits per heavy atom. The standard InChI is InChI=1S/C15H22BrNO/c1-10-9-17-13(11(2)14(10)18-4)8-15(3)6-5-12(16)7-15/h9,12H,5-8H2,1-4H3. The zero-order valence-electron chi connectivity index (χ0n) is 11.7. The third kappa shape index (κ3) is 2.71. The maximum absolute atomic E-state index is 5.49. The Morgan fingerprint density at radius 2 is 2.22 bits per heavy atom. The summed E-state index contributed by atoms with van der Waals surface area (Å²) in [6.07, 6.45) is 6.78. The number of halogens is 1. The van der Waals surface area contributed by atoms with Gasteiger partial charge in [0.05, 0.1) is 7.11 Å². The lowest BCUT2D eigenvalue weighted by Crippen LogP contribution is -2.17. The van der Waals surface area contributed by atoms with Crippen LogP contribution in [0.3, 0.4) is 0 Å². The van der Waals surface area contributed by atoms with Gasteiger partial charge in [0.2, 0.25) is 0 Å². The molecular formula is C15H22BrNO. The van der Waals surface area contributed by atoms with Gasteiger partial charge >= 0.3 is 0 Å². The second-order valence-corrected chi connectivity index (χ2v) is 7.17. The van der Waals surface area contributed by atoms with E-state index in [2.05, 4.69) is 41.7 Å². The fourth-order valence-electron chi connectivity index (χ4n) is 3.06. The van der Waals surface area contributed by atoms with Crippen molar-refractivity contribution in [1.29, 1.82) is 0 Å². The first-order valence-corrected chi connectivity index (χ1v) is 7.50. The highest BCUT2D eigenvalue weighted by Gasteiger charge is 2.34. The molecule has 3 heteroatoms. The van der Waals surface area contributed by atoms with E-state index in [1.54, 1.807) is 7.11 Å². The van der Waals surface area contributed by atoms with Crippen LogP contribution in [0.2, 0.25) is 0 Å². The van der Waals surface area contributed by atoms with Crippen LogP contribution in [0.1, 0.15) is 43.0 Å². The maximum Gasteiger partial charge on any atom is 0.128 e. The molecule has 1 saturated carbocycles. The molecule has 0 saturated heterocycles. The normalized spacial score (nSPS) is 27.5. The largest absolute Gasteiger partial charge is 0.496 e. The van der Waals surface area contributed by atoms with E-state index in [4.69, 9.17) is 4.74 Å². The van der Waals surface area contributed by atoms with Crippen molar-refractivity contribution in [2.75, 3.05) is 7.11 Å². The number of hydrogen-bond donors (Lipinski definition) is 0. The van der Waals surface area contributed by atoms with Gasteiger partial charge in [0.25, 0.3) is 0 Å². The van der Waals surface area contributed by atoms with Crippen molar-refractivity contribution in [2.45, 2.75) is 51.3 Å². The van der Waals surface area contributed by atoms with E-state index >= 15 is 0 Å². The highest BCUT2D eigenvalue weighted by atomic mass is 79.9. The van der Waals surface area contributed by atoms with Crippen LogP contribution in [0.15, 0.2) is 6.20 Å². The van der Waals surface area contributed by atoms with Crippen LogP contribution in [0.25, 0.3) is 0 Å². The third-order valence-corrected chi connectivity index (χ3v) is 4.90. The van der Waals surface area contributed by atoms with Crippen LogP contribution in [0, 0.1) is 19.3 Å². The van der Waals surface area contributed by atoms with Gasteiger partial charge in [0.1, 0.15) is 5.75 Å². The quantitative estimate of drug-likeness (QED) is 0.780. The van der Waals surface area contributed by atoms with Crippen LogP contribution in [-0.2, 0) is 6.42 Å². The van der Waals surface area contributed by atoms with Gasteiger partial charge in [-0.25, -0.2) is 0 Å². The highest BCUT2D eigenvalue weighted by Crippen LogP contribution is 2.44. The van der Waals surface area contributed by atoms with E-state index in [0.29, 0.717) is 10.2 Å². The molecule has 0 radical (unpaired) electrons. The lowest BCUT2D eigenvalue weighted by molar-refractivity contribution is 0.330. The first kappa shape index (κ1) is 13.9. The minimum Gasteiger partial charge on any atom is -0.496 e. The lowest BCUT2D eigenvalue weighted by atomic mass is 9.82. The molecule has 1 aliphatic rings. The van der Waals surface area contributed by atoms with Crippen LogP contribution < -0.4 is 4.74 Å². The number of hydrogen-bond acceptors (Lipinski definition) is 2. The van der Waals surface area contributed by atoms with E-state index in [-0.39, 0.29) is 0 Å². The highest BCUT2D eigenvalue weighted by molar-refractivity contribution is 9.09. The van der Waals surface area contributed by atoms with Gasteiger partial charge in [-0.2, -0.15) is 0 Å². The topological polar surface area (TPSA) is 22.1 Å². The molecule has 2 nitrogen and oxygen atoms in total. The van der Waals surface area contributed by atoms with Crippen LogP contribution >= 0.6 is 15.9 Å². The molecule has 100 valence electrons. The van der Waals surface area contributed by atoms with E-state index in [1.165, 1.54) is 30.5 Å². The molecule has 1 heterocycles. The maximum atomic E-state index is 5.49. The van der Waals surface area contributed by atoms with E-state index < -0.39 is 0 Å². The predicted octanol–water partition coefficient (Wildman–Crippen LogP) is 4.20. The molecule has 1 aliphatic carbocycles. The molecule has 1 aromatic rings. The average molecular weight is 312 g/mol. The minimum absolute atomic E-state index is 0.381. The summed E-state index contributed by atoms with van der Waals surface area (Å²) in [4.78, 5) is 5.30.